The van der Waals surface area contributed by atoms with Gasteiger partial charge >= 0.3 is 6.18 Å². The summed E-state index contributed by atoms with van der Waals surface area (Å²) >= 11 is 0. The number of halogens is 3. The number of likely N-dealkylation sites (tertiary alicyclic amines) is 1. The number of alkyl halides is 3. The molecule has 0 aromatic heterocycles. The average Bonchev–Trinajstić information content (AvgIpc) is 2.51. The Morgan fingerprint density at radius 3 is 2.61 bits per heavy atom. The molecule has 2 unspecified atom stereocenters. The van der Waals surface area contributed by atoms with Crippen molar-refractivity contribution in [1.82, 2.24) is 4.90 Å². The minimum absolute atomic E-state index is 0.0783. The molecule has 2 rings (SSSR count). The number of nitrogens with zero attached hydrogens (tertiary/aromatic N) is 1. The first-order valence-electron chi connectivity index (χ1n) is 7.61. The lowest BCUT2D eigenvalue weighted by Crippen LogP contribution is -2.57. The van der Waals surface area contributed by atoms with Crippen molar-refractivity contribution in [3.05, 3.63) is 35.9 Å². The van der Waals surface area contributed by atoms with Crippen molar-refractivity contribution in [2.75, 3.05) is 19.8 Å². The predicted octanol–water partition coefficient (Wildman–Crippen LogP) is 2.13. The van der Waals surface area contributed by atoms with Crippen molar-refractivity contribution < 1.29 is 22.7 Å². The zero-order chi connectivity index (χ0) is 16.9. The van der Waals surface area contributed by atoms with Gasteiger partial charge < -0.3 is 15.4 Å². The van der Waals surface area contributed by atoms with Gasteiger partial charge in [-0.05, 0) is 24.8 Å². The third-order valence-corrected chi connectivity index (χ3v) is 3.92. The highest BCUT2D eigenvalue weighted by Crippen LogP contribution is 2.31. The second-order valence-corrected chi connectivity index (χ2v) is 5.73. The van der Waals surface area contributed by atoms with Crippen LogP contribution < -0.4 is 5.73 Å². The summed E-state index contributed by atoms with van der Waals surface area (Å²) in [6, 6.07) is 7.36. The maximum absolute atomic E-state index is 13.0. The largest absolute Gasteiger partial charge is 0.408 e. The molecule has 0 saturated carbocycles. The van der Waals surface area contributed by atoms with E-state index in [4.69, 9.17) is 10.5 Å². The number of rotatable bonds is 5. The number of carbonyl (C=O) groups is 1. The van der Waals surface area contributed by atoms with E-state index >= 15 is 0 Å². The fourth-order valence-corrected chi connectivity index (χ4v) is 2.69. The standard InChI is InChI=1S/C16H21F3N2O2/c17-16(18,19)14-7-6-13(20)10-21(14)15(22)11-23-9-8-12-4-2-1-3-5-12/h1-5,13-14H,6-11,20H2. The number of piperidine rings is 1. The van der Waals surface area contributed by atoms with Gasteiger partial charge in [-0.2, -0.15) is 13.2 Å². The van der Waals surface area contributed by atoms with Crippen LogP contribution in [0.3, 0.4) is 0 Å². The van der Waals surface area contributed by atoms with Gasteiger partial charge in [-0.1, -0.05) is 30.3 Å². The molecule has 23 heavy (non-hydrogen) atoms. The van der Waals surface area contributed by atoms with Gasteiger partial charge in [-0.15, -0.1) is 0 Å². The maximum atomic E-state index is 13.0. The van der Waals surface area contributed by atoms with E-state index in [2.05, 4.69) is 0 Å². The summed E-state index contributed by atoms with van der Waals surface area (Å²) in [5.74, 6) is -0.657. The molecule has 1 aliphatic heterocycles. The molecule has 1 aromatic rings. The van der Waals surface area contributed by atoms with E-state index < -0.39 is 24.2 Å². The maximum Gasteiger partial charge on any atom is 0.408 e. The number of nitrogens with two attached hydrogens (primary N) is 1. The topological polar surface area (TPSA) is 55.6 Å². The van der Waals surface area contributed by atoms with Gasteiger partial charge in [0.15, 0.2) is 0 Å². The van der Waals surface area contributed by atoms with Crippen LogP contribution in [0.2, 0.25) is 0 Å². The summed E-state index contributed by atoms with van der Waals surface area (Å²) < 4.78 is 44.3. The van der Waals surface area contributed by atoms with Gasteiger partial charge in [0.05, 0.1) is 6.61 Å². The Morgan fingerprint density at radius 2 is 1.96 bits per heavy atom. The highest BCUT2D eigenvalue weighted by atomic mass is 19.4. The van der Waals surface area contributed by atoms with Gasteiger partial charge in [0.1, 0.15) is 12.6 Å². The molecule has 0 bridgehead atoms. The second-order valence-electron chi connectivity index (χ2n) is 5.73. The van der Waals surface area contributed by atoms with Crippen molar-refractivity contribution in [3.8, 4) is 0 Å². The van der Waals surface area contributed by atoms with Crippen LogP contribution in [0.25, 0.3) is 0 Å². The Morgan fingerprint density at radius 1 is 1.26 bits per heavy atom. The van der Waals surface area contributed by atoms with E-state index in [-0.39, 0.29) is 32.6 Å². The van der Waals surface area contributed by atoms with Gasteiger partial charge in [0, 0.05) is 12.6 Å². The molecule has 128 valence electrons. The first-order chi connectivity index (χ1) is 10.9. The molecule has 7 heteroatoms. The summed E-state index contributed by atoms with van der Waals surface area (Å²) in [5, 5.41) is 0. The molecular formula is C16H21F3N2O2. The van der Waals surface area contributed by atoms with Crippen molar-refractivity contribution in [3.63, 3.8) is 0 Å². The molecule has 1 heterocycles. The summed E-state index contributed by atoms with van der Waals surface area (Å²) in [6.07, 6.45) is -3.71. The number of hydrogen-bond acceptors (Lipinski definition) is 3. The Hall–Kier alpha value is -1.60. The SMILES string of the molecule is NC1CCC(C(F)(F)F)N(C(=O)COCCc2ccccc2)C1. The molecule has 1 saturated heterocycles. The minimum atomic E-state index is -4.43. The molecule has 1 amide bonds. The first kappa shape index (κ1) is 17.7. The molecule has 0 radical (unpaired) electrons. The average molecular weight is 330 g/mol. The van der Waals surface area contributed by atoms with Gasteiger partial charge in [0.25, 0.3) is 0 Å². The number of carbonyl (C=O) groups excluding carboxylic acids is 1. The molecule has 1 fully saturated rings. The minimum Gasteiger partial charge on any atom is -0.371 e. The lowest BCUT2D eigenvalue weighted by Gasteiger charge is -2.39. The number of benzene rings is 1. The third-order valence-electron chi connectivity index (χ3n) is 3.92. The molecule has 4 nitrogen and oxygen atoms in total. The van der Waals surface area contributed by atoms with Gasteiger partial charge in [0.2, 0.25) is 5.91 Å². The van der Waals surface area contributed by atoms with Crippen molar-refractivity contribution in [1.29, 1.82) is 0 Å². The molecule has 1 aromatic carbocycles. The molecule has 0 spiro atoms. The fraction of sp³-hybridized carbons (Fsp3) is 0.562. The lowest BCUT2D eigenvalue weighted by atomic mass is 9.98. The van der Waals surface area contributed by atoms with E-state index in [0.29, 0.717) is 6.42 Å². The van der Waals surface area contributed by atoms with Crippen LogP contribution in [0.5, 0.6) is 0 Å². The van der Waals surface area contributed by atoms with Crippen LogP contribution >= 0.6 is 0 Å². The zero-order valence-electron chi connectivity index (χ0n) is 12.8. The first-order valence-corrected chi connectivity index (χ1v) is 7.61. The lowest BCUT2D eigenvalue weighted by molar-refractivity contribution is -0.198. The highest BCUT2D eigenvalue weighted by Gasteiger charge is 2.47. The Labute approximate surface area is 133 Å². The van der Waals surface area contributed by atoms with Crippen LogP contribution in [-0.2, 0) is 16.0 Å². The van der Waals surface area contributed by atoms with Crippen molar-refractivity contribution >= 4 is 5.91 Å². The van der Waals surface area contributed by atoms with E-state index in [1.807, 2.05) is 30.3 Å². The van der Waals surface area contributed by atoms with Crippen molar-refractivity contribution in [2.45, 2.75) is 37.5 Å². The number of hydrogen-bond donors (Lipinski definition) is 1. The smallest absolute Gasteiger partial charge is 0.371 e. The van der Waals surface area contributed by atoms with E-state index in [1.165, 1.54) is 0 Å². The van der Waals surface area contributed by atoms with Crippen LogP contribution in [0.1, 0.15) is 18.4 Å². The molecule has 2 atom stereocenters. The molecule has 0 aliphatic carbocycles. The van der Waals surface area contributed by atoms with E-state index in [0.717, 1.165) is 10.5 Å². The number of ether oxygens (including phenoxy) is 1. The quantitative estimate of drug-likeness (QED) is 0.842. The molecular weight excluding hydrogens is 309 g/mol. The van der Waals surface area contributed by atoms with E-state index in [9.17, 15) is 18.0 Å². The van der Waals surface area contributed by atoms with Crippen LogP contribution in [0.4, 0.5) is 13.2 Å². The molecule has 1 aliphatic rings. The predicted molar refractivity (Wildman–Crippen MR) is 79.7 cm³/mol. The monoisotopic (exact) mass is 330 g/mol. The van der Waals surface area contributed by atoms with Gasteiger partial charge in [-0.3, -0.25) is 4.79 Å². The van der Waals surface area contributed by atoms with Crippen LogP contribution in [-0.4, -0.2) is 48.8 Å². The van der Waals surface area contributed by atoms with E-state index in [1.54, 1.807) is 0 Å². The Kier molecular flexibility index (Phi) is 6.01. The molecule has 2 N–H and O–H groups in total. The van der Waals surface area contributed by atoms with Crippen LogP contribution in [0.15, 0.2) is 30.3 Å². The van der Waals surface area contributed by atoms with Crippen LogP contribution in [0, 0.1) is 0 Å². The summed E-state index contributed by atoms with van der Waals surface area (Å²) in [5.41, 5.74) is 6.75. The summed E-state index contributed by atoms with van der Waals surface area (Å²) in [4.78, 5) is 12.9. The Balaban J connectivity index is 1.82. The third kappa shape index (κ3) is 5.21. The van der Waals surface area contributed by atoms with Crippen molar-refractivity contribution in [2.24, 2.45) is 5.73 Å². The Bertz CT molecular complexity index is 508. The summed E-state index contributed by atoms with van der Waals surface area (Å²) in [6.45, 7) is -0.149. The highest BCUT2D eigenvalue weighted by molar-refractivity contribution is 5.78. The summed E-state index contributed by atoms with van der Waals surface area (Å²) in [7, 11) is 0. The second kappa shape index (κ2) is 7.79. The number of amides is 1. The fourth-order valence-electron chi connectivity index (χ4n) is 2.69. The zero-order valence-corrected chi connectivity index (χ0v) is 12.8. The normalized spacial score (nSPS) is 22.2. The van der Waals surface area contributed by atoms with Gasteiger partial charge in [-0.25, -0.2) is 0 Å².